The van der Waals surface area contributed by atoms with Gasteiger partial charge < -0.3 is 0 Å². The Labute approximate surface area is 141 Å². The van der Waals surface area contributed by atoms with Gasteiger partial charge in [0.15, 0.2) is 0 Å². The molecule has 0 N–H and O–H groups in total. The van der Waals surface area contributed by atoms with Gasteiger partial charge in [0.25, 0.3) is 0 Å². The molecule has 0 aliphatic heterocycles. The molecule has 4 heteroatoms. The van der Waals surface area contributed by atoms with Gasteiger partial charge in [-0.3, -0.25) is 0 Å². The SMILES string of the molecule is CC(C)c1ccc(Cl)c(C(F)(F)F)c1.CC(C)c1ccccc1. The van der Waals surface area contributed by atoms with E-state index in [4.69, 9.17) is 11.6 Å². The number of hydrogen-bond acceptors (Lipinski definition) is 0. The van der Waals surface area contributed by atoms with Crippen LogP contribution in [-0.2, 0) is 6.18 Å². The molecule has 0 saturated carbocycles. The molecular formula is C19H22ClF3. The van der Waals surface area contributed by atoms with E-state index >= 15 is 0 Å². The van der Waals surface area contributed by atoms with Gasteiger partial charge in [-0.15, -0.1) is 0 Å². The lowest BCUT2D eigenvalue weighted by Crippen LogP contribution is -2.06. The van der Waals surface area contributed by atoms with Crippen LogP contribution in [0.3, 0.4) is 0 Å². The first-order valence-corrected chi connectivity index (χ1v) is 7.92. The first kappa shape index (κ1) is 19.6. The van der Waals surface area contributed by atoms with Crippen molar-refractivity contribution in [3.63, 3.8) is 0 Å². The highest BCUT2D eigenvalue weighted by Crippen LogP contribution is 2.36. The molecule has 0 bridgehead atoms. The van der Waals surface area contributed by atoms with E-state index in [1.807, 2.05) is 19.9 Å². The molecule has 2 aromatic carbocycles. The molecule has 0 spiro atoms. The number of rotatable bonds is 2. The summed E-state index contributed by atoms with van der Waals surface area (Å²) in [7, 11) is 0. The van der Waals surface area contributed by atoms with E-state index in [1.54, 1.807) is 6.07 Å². The molecule has 0 atom stereocenters. The molecule has 0 amide bonds. The van der Waals surface area contributed by atoms with Crippen LogP contribution in [0.4, 0.5) is 13.2 Å². The zero-order chi connectivity index (χ0) is 17.6. The maximum absolute atomic E-state index is 12.4. The maximum Gasteiger partial charge on any atom is 0.417 e. The molecule has 23 heavy (non-hydrogen) atoms. The van der Waals surface area contributed by atoms with Crippen LogP contribution in [0, 0.1) is 0 Å². The van der Waals surface area contributed by atoms with Gasteiger partial charge in [0.2, 0.25) is 0 Å². The Kier molecular flexibility index (Phi) is 7.14. The van der Waals surface area contributed by atoms with Gasteiger partial charge in [0.1, 0.15) is 0 Å². The average Bonchev–Trinajstić information content (AvgIpc) is 2.47. The lowest BCUT2D eigenvalue weighted by molar-refractivity contribution is -0.137. The summed E-state index contributed by atoms with van der Waals surface area (Å²) in [6.45, 7) is 8.08. The van der Waals surface area contributed by atoms with Crippen molar-refractivity contribution >= 4 is 11.6 Å². The second-order valence-corrected chi connectivity index (χ2v) is 6.36. The van der Waals surface area contributed by atoms with E-state index in [-0.39, 0.29) is 10.9 Å². The number of halogens is 4. The monoisotopic (exact) mass is 342 g/mol. The summed E-state index contributed by atoms with van der Waals surface area (Å²) in [5.74, 6) is 0.722. The van der Waals surface area contributed by atoms with Crippen molar-refractivity contribution in [2.45, 2.75) is 45.7 Å². The van der Waals surface area contributed by atoms with Crippen LogP contribution in [0.15, 0.2) is 48.5 Å². The molecule has 0 unspecified atom stereocenters. The van der Waals surface area contributed by atoms with Crippen LogP contribution in [0.2, 0.25) is 5.02 Å². The molecule has 0 fully saturated rings. The van der Waals surface area contributed by atoms with E-state index in [0.717, 1.165) is 6.07 Å². The van der Waals surface area contributed by atoms with Crippen LogP contribution >= 0.6 is 11.6 Å². The summed E-state index contributed by atoms with van der Waals surface area (Å²) in [6, 6.07) is 14.5. The number of alkyl halides is 3. The number of hydrogen-bond donors (Lipinski definition) is 0. The molecule has 2 rings (SSSR count). The summed E-state index contributed by atoms with van der Waals surface area (Å²) in [6.07, 6.45) is -4.37. The highest BCUT2D eigenvalue weighted by Gasteiger charge is 2.33. The average molecular weight is 343 g/mol. The highest BCUT2D eigenvalue weighted by atomic mass is 35.5. The van der Waals surface area contributed by atoms with Crippen molar-refractivity contribution in [3.8, 4) is 0 Å². The van der Waals surface area contributed by atoms with E-state index in [9.17, 15) is 13.2 Å². The van der Waals surface area contributed by atoms with Crippen LogP contribution in [0.1, 0.15) is 56.2 Å². The van der Waals surface area contributed by atoms with Gasteiger partial charge in [-0.05, 0) is 35.1 Å². The smallest absolute Gasteiger partial charge is 0.166 e. The van der Waals surface area contributed by atoms with Crippen molar-refractivity contribution in [1.82, 2.24) is 0 Å². The maximum atomic E-state index is 12.4. The van der Waals surface area contributed by atoms with E-state index < -0.39 is 11.7 Å². The van der Waals surface area contributed by atoms with Crippen molar-refractivity contribution < 1.29 is 13.2 Å². The molecule has 0 aliphatic rings. The Morgan fingerprint density at radius 3 is 1.70 bits per heavy atom. The first-order chi connectivity index (χ1) is 10.6. The van der Waals surface area contributed by atoms with Crippen molar-refractivity contribution in [1.29, 1.82) is 0 Å². The minimum absolute atomic E-state index is 0.0633. The second-order valence-electron chi connectivity index (χ2n) is 5.96. The molecule has 0 radical (unpaired) electrons. The standard InChI is InChI=1S/C10H10ClF3.C9H12/c1-6(2)7-3-4-9(11)8(5-7)10(12,13)14;1-8(2)9-6-4-3-5-7-9/h3-6H,1-2H3;3-8H,1-2H3. The normalized spacial score (nSPS) is 11.4. The Balaban J connectivity index is 0.000000253. The highest BCUT2D eigenvalue weighted by molar-refractivity contribution is 6.31. The fourth-order valence-corrected chi connectivity index (χ4v) is 2.18. The van der Waals surface area contributed by atoms with Crippen molar-refractivity contribution in [2.24, 2.45) is 0 Å². The van der Waals surface area contributed by atoms with Crippen LogP contribution in [0.5, 0.6) is 0 Å². The van der Waals surface area contributed by atoms with Crippen LogP contribution in [0.25, 0.3) is 0 Å². The van der Waals surface area contributed by atoms with E-state index in [1.165, 1.54) is 11.6 Å². The summed E-state index contributed by atoms with van der Waals surface area (Å²) >= 11 is 5.47. The third kappa shape index (κ3) is 6.26. The zero-order valence-electron chi connectivity index (χ0n) is 13.8. The molecule has 2 aromatic rings. The van der Waals surface area contributed by atoms with E-state index in [2.05, 4.69) is 38.1 Å². The van der Waals surface area contributed by atoms with Gasteiger partial charge in [0.05, 0.1) is 10.6 Å². The fraction of sp³-hybridized carbons (Fsp3) is 0.368. The molecule has 126 valence electrons. The third-order valence-corrected chi connectivity index (χ3v) is 3.76. The first-order valence-electron chi connectivity index (χ1n) is 7.54. The lowest BCUT2D eigenvalue weighted by Gasteiger charge is -2.12. The second kappa shape index (κ2) is 8.39. The minimum atomic E-state index is -4.37. The summed E-state index contributed by atoms with van der Waals surface area (Å²) in [5.41, 5.74) is 1.30. The van der Waals surface area contributed by atoms with Crippen LogP contribution in [-0.4, -0.2) is 0 Å². The largest absolute Gasteiger partial charge is 0.417 e. The summed E-state index contributed by atoms with van der Waals surface area (Å²) in [5, 5.41) is -0.248. The zero-order valence-corrected chi connectivity index (χ0v) is 14.5. The van der Waals surface area contributed by atoms with E-state index in [0.29, 0.717) is 11.5 Å². The van der Waals surface area contributed by atoms with Crippen molar-refractivity contribution in [2.75, 3.05) is 0 Å². The lowest BCUT2D eigenvalue weighted by atomic mass is 10.0. The number of benzene rings is 2. The van der Waals surface area contributed by atoms with Gasteiger partial charge in [-0.1, -0.05) is 75.7 Å². The Morgan fingerprint density at radius 1 is 0.783 bits per heavy atom. The fourth-order valence-electron chi connectivity index (χ4n) is 1.96. The topological polar surface area (TPSA) is 0 Å². The Morgan fingerprint density at radius 2 is 1.30 bits per heavy atom. The van der Waals surface area contributed by atoms with Gasteiger partial charge in [-0.2, -0.15) is 13.2 Å². The van der Waals surface area contributed by atoms with Crippen molar-refractivity contribution in [3.05, 3.63) is 70.2 Å². The summed E-state index contributed by atoms with van der Waals surface area (Å²) in [4.78, 5) is 0. The Bertz CT molecular complexity index is 602. The Hall–Kier alpha value is -1.48. The quantitative estimate of drug-likeness (QED) is 0.537. The van der Waals surface area contributed by atoms with Gasteiger partial charge in [-0.25, -0.2) is 0 Å². The third-order valence-electron chi connectivity index (χ3n) is 3.43. The molecule has 0 aliphatic carbocycles. The predicted octanol–water partition coefficient (Wildman–Crippen LogP) is 7.29. The predicted molar refractivity (Wildman–Crippen MR) is 91.1 cm³/mol. The molecule has 0 aromatic heterocycles. The molecule has 0 nitrogen and oxygen atoms in total. The summed E-state index contributed by atoms with van der Waals surface area (Å²) < 4.78 is 37.2. The molecule has 0 saturated heterocycles. The minimum Gasteiger partial charge on any atom is -0.166 e. The van der Waals surface area contributed by atoms with Crippen LogP contribution < -0.4 is 0 Å². The molecular weight excluding hydrogens is 321 g/mol. The van der Waals surface area contributed by atoms with Gasteiger partial charge in [0, 0.05) is 0 Å². The van der Waals surface area contributed by atoms with Gasteiger partial charge >= 0.3 is 6.18 Å². The molecule has 0 heterocycles.